The van der Waals surface area contributed by atoms with Gasteiger partial charge in [-0.15, -0.1) is 0 Å². The van der Waals surface area contributed by atoms with Crippen LogP contribution in [0, 0.1) is 0 Å². The minimum atomic E-state index is -0.751. The number of nitrogens with zero attached hydrogens (tertiary/aromatic N) is 2. The van der Waals surface area contributed by atoms with Crippen molar-refractivity contribution in [3.63, 3.8) is 0 Å². The summed E-state index contributed by atoms with van der Waals surface area (Å²) in [4.78, 5) is 4.22. The highest BCUT2D eigenvalue weighted by atomic mass is 31.1. The van der Waals surface area contributed by atoms with Gasteiger partial charge in [0.05, 0.1) is 8.15 Å². The minimum Gasteiger partial charge on any atom is -0.378 e. The quantitative estimate of drug-likeness (QED) is 0.761. The van der Waals surface area contributed by atoms with E-state index in [0.717, 1.165) is 6.61 Å². The lowest BCUT2D eigenvalue weighted by Gasteiger charge is -2.20. The molecule has 0 N–H and O–H groups in total. The Hall–Kier alpha value is -1.57. The van der Waals surface area contributed by atoms with Gasteiger partial charge < -0.3 is 14.3 Å². The van der Waals surface area contributed by atoms with Gasteiger partial charge in [-0.1, -0.05) is 0 Å². The van der Waals surface area contributed by atoms with Crippen LogP contribution >= 0.6 is 8.15 Å². The summed E-state index contributed by atoms with van der Waals surface area (Å²) in [5.74, 6) is 0. The summed E-state index contributed by atoms with van der Waals surface area (Å²) in [5, 5.41) is 2.50. The molecule has 2 aromatic rings. The van der Waals surface area contributed by atoms with Crippen molar-refractivity contribution in [3.05, 3.63) is 48.5 Å². The molecular formula is C18H25N2OP. The fraction of sp³-hybridized carbons (Fsp3) is 0.333. The molecule has 22 heavy (non-hydrogen) atoms. The van der Waals surface area contributed by atoms with Gasteiger partial charge in [-0.05, 0) is 55.5 Å². The largest absolute Gasteiger partial charge is 0.378 e. The third-order valence-corrected chi connectivity index (χ3v) is 5.51. The fourth-order valence-electron chi connectivity index (χ4n) is 2.20. The second kappa shape index (κ2) is 7.62. The predicted molar refractivity (Wildman–Crippen MR) is 99.4 cm³/mol. The Balaban J connectivity index is 2.28. The molecule has 0 aromatic heterocycles. The van der Waals surface area contributed by atoms with Gasteiger partial charge >= 0.3 is 0 Å². The molecule has 0 saturated carbocycles. The van der Waals surface area contributed by atoms with Gasteiger partial charge in [0.2, 0.25) is 0 Å². The molecule has 0 aliphatic heterocycles. The van der Waals surface area contributed by atoms with Crippen LogP contribution in [0.1, 0.15) is 6.92 Å². The molecule has 2 aromatic carbocycles. The predicted octanol–water partition coefficient (Wildman–Crippen LogP) is 3.20. The molecule has 4 heteroatoms. The fourth-order valence-corrected chi connectivity index (χ4v) is 3.89. The first-order valence-electron chi connectivity index (χ1n) is 7.50. The molecule has 118 valence electrons. The van der Waals surface area contributed by atoms with E-state index in [-0.39, 0.29) is 0 Å². The Morgan fingerprint density at radius 3 is 1.36 bits per heavy atom. The summed E-state index contributed by atoms with van der Waals surface area (Å²) in [6.45, 7) is 2.77. The average molecular weight is 316 g/mol. The van der Waals surface area contributed by atoms with Crippen LogP contribution in [-0.2, 0) is 4.52 Å². The van der Waals surface area contributed by atoms with Gasteiger partial charge in [0.15, 0.2) is 0 Å². The number of rotatable bonds is 6. The SMILES string of the molecule is CCOP(c1ccc(N(C)C)cc1)c1ccc(N(C)C)cc1. The van der Waals surface area contributed by atoms with Crippen molar-refractivity contribution in [1.29, 1.82) is 0 Å². The highest BCUT2D eigenvalue weighted by Gasteiger charge is 2.15. The normalized spacial score (nSPS) is 10.8. The third-order valence-electron chi connectivity index (χ3n) is 3.46. The summed E-state index contributed by atoms with van der Waals surface area (Å²) in [5.41, 5.74) is 2.41. The summed E-state index contributed by atoms with van der Waals surface area (Å²) in [7, 11) is 7.47. The zero-order valence-electron chi connectivity index (χ0n) is 14.1. The van der Waals surface area contributed by atoms with E-state index in [1.165, 1.54) is 22.0 Å². The topological polar surface area (TPSA) is 15.7 Å². The van der Waals surface area contributed by atoms with E-state index in [2.05, 4.69) is 93.4 Å². The van der Waals surface area contributed by atoms with Crippen LogP contribution in [0.25, 0.3) is 0 Å². The Labute approximate surface area is 135 Å². The number of hydrogen-bond acceptors (Lipinski definition) is 3. The maximum Gasteiger partial charge on any atom is 0.0917 e. The molecule has 0 unspecified atom stereocenters. The maximum atomic E-state index is 6.05. The van der Waals surface area contributed by atoms with E-state index < -0.39 is 8.15 Å². The molecule has 0 aliphatic rings. The summed E-state index contributed by atoms with van der Waals surface area (Å²) < 4.78 is 6.05. The summed E-state index contributed by atoms with van der Waals surface area (Å²) >= 11 is 0. The number of benzene rings is 2. The molecule has 0 aliphatic carbocycles. The highest BCUT2D eigenvalue weighted by Crippen LogP contribution is 2.35. The molecule has 3 nitrogen and oxygen atoms in total. The molecule has 0 spiro atoms. The van der Waals surface area contributed by atoms with Crippen LogP contribution in [-0.4, -0.2) is 34.8 Å². The van der Waals surface area contributed by atoms with Crippen LogP contribution < -0.4 is 20.4 Å². The Morgan fingerprint density at radius 1 is 0.727 bits per heavy atom. The van der Waals surface area contributed by atoms with Crippen LogP contribution in [0.5, 0.6) is 0 Å². The smallest absolute Gasteiger partial charge is 0.0917 e. The first kappa shape index (κ1) is 16.8. The van der Waals surface area contributed by atoms with Crippen LogP contribution in [0.4, 0.5) is 11.4 Å². The van der Waals surface area contributed by atoms with Crippen molar-refractivity contribution < 1.29 is 4.52 Å². The zero-order chi connectivity index (χ0) is 16.1. The van der Waals surface area contributed by atoms with Gasteiger partial charge in [-0.25, -0.2) is 0 Å². The number of hydrogen-bond donors (Lipinski definition) is 0. The van der Waals surface area contributed by atoms with Crippen molar-refractivity contribution in [2.45, 2.75) is 6.92 Å². The third kappa shape index (κ3) is 4.00. The molecule has 0 atom stereocenters. The molecule has 0 amide bonds. The lowest BCUT2D eigenvalue weighted by molar-refractivity contribution is 0.388. The first-order chi connectivity index (χ1) is 10.5. The lowest BCUT2D eigenvalue weighted by Crippen LogP contribution is -2.16. The molecule has 2 rings (SSSR count). The van der Waals surface area contributed by atoms with Crippen LogP contribution in [0.2, 0.25) is 0 Å². The molecule has 0 fully saturated rings. The second-order valence-electron chi connectivity index (χ2n) is 5.53. The van der Waals surface area contributed by atoms with E-state index in [9.17, 15) is 0 Å². The van der Waals surface area contributed by atoms with Crippen molar-refractivity contribution in [1.82, 2.24) is 0 Å². The van der Waals surface area contributed by atoms with Crippen molar-refractivity contribution >= 4 is 30.1 Å². The average Bonchev–Trinajstić information content (AvgIpc) is 2.53. The lowest BCUT2D eigenvalue weighted by atomic mass is 10.3. The first-order valence-corrected chi connectivity index (χ1v) is 8.76. The summed E-state index contributed by atoms with van der Waals surface area (Å²) in [6, 6.07) is 17.3. The van der Waals surface area contributed by atoms with Gasteiger partial charge in [0.1, 0.15) is 0 Å². The van der Waals surface area contributed by atoms with Gasteiger partial charge in [-0.3, -0.25) is 0 Å². The highest BCUT2D eigenvalue weighted by molar-refractivity contribution is 7.68. The summed E-state index contributed by atoms with van der Waals surface area (Å²) in [6.07, 6.45) is 0. The molecule has 0 radical (unpaired) electrons. The standard InChI is InChI=1S/C18H25N2OP/c1-6-21-22(17-11-7-15(8-12-17)19(2)3)18-13-9-16(10-14-18)20(4)5/h7-14H,6H2,1-5H3. The van der Waals surface area contributed by atoms with Gasteiger partial charge in [-0.2, -0.15) is 0 Å². The van der Waals surface area contributed by atoms with E-state index >= 15 is 0 Å². The van der Waals surface area contributed by atoms with Crippen molar-refractivity contribution in [2.75, 3.05) is 44.6 Å². The molecule has 0 heterocycles. The van der Waals surface area contributed by atoms with E-state index in [4.69, 9.17) is 4.52 Å². The zero-order valence-corrected chi connectivity index (χ0v) is 15.0. The van der Waals surface area contributed by atoms with E-state index in [1.54, 1.807) is 0 Å². The van der Waals surface area contributed by atoms with E-state index in [1.807, 2.05) is 0 Å². The van der Waals surface area contributed by atoms with Gasteiger partial charge in [0, 0.05) is 56.8 Å². The van der Waals surface area contributed by atoms with Gasteiger partial charge in [0.25, 0.3) is 0 Å². The minimum absolute atomic E-state index is 0.719. The Bertz CT molecular complexity index is 528. The van der Waals surface area contributed by atoms with Crippen LogP contribution in [0.3, 0.4) is 0 Å². The number of anilines is 2. The van der Waals surface area contributed by atoms with Crippen molar-refractivity contribution in [3.8, 4) is 0 Å². The second-order valence-corrected chi connectivity index (χ2v) is 7.41. The van der Waals surface area contributed by atoms with E-state index in [0.29, 0.717) is 0 Å². The van der Waals surface area contributed by atoms with Crippen LogP contribution in [0.15, 0.2) is 48.5 Å². The Morgan fingerprint density at radius 2 is 1.09 bits per heavy atom. The maximum absolute atomic E-state index is 6.05. The Kier molecular flexibility index (Phi) is 5.82. The molecule has 0 bridgehead atoms. The molecular weight excluding hydrogens is 291 g/mol. The molecule has 0 saturated heterocycles. The van der Waals surface area contributed by atoms with Crippen molar-refractivity contribution in [2.24, 2.45) is 0 Å². The monoisotopic (exact) mass is 316 g/mol.